The molecule has 1 amide bonds. The monoisotopic (exact) mass is 348 g/mol. The summed E-state index contributed by atoms with van der Waals surface area (Å²) in [4.78, 5) is 17.7. The molecule has 0 fully saturated rings. The number of rotatable bonds is 2. The zero-order chi connectivity index (χ0) is 14.9. The molecule has 0 bridgehead atoms. The van der Waals surface area contributed by atoms with Gasteiger partial charge in [-0.05, 0) is 29.8 Å². The van der Waals surface area contributed by atoms with Crippen LogP contribution in [0.5, 0.6) is 5.75 Å². The third-order valence-corrected chi connectivity index (χ3v) is 3.84. The molecule has 0 spiro atoms. The Morgan fingerprint density at radius 3 is 2.85 bits per heavy atom. The fourth-order valence-electron chi connectivity index (χ4n) is 1.95. The van der Waals surface area contributed by atoms with Gasteiger partial charge in [0.1, 0.15) is 17.8 Å². The third kappa shape index (κ3) is 2.77. The number of hydrogen-bond acceptors (Lipinski definition) is 3. The molecule has 0 radical (unpaired) electrons. The second kappa shape index (κ2) is 5.63. The first-order valence-corrected chi connectivity index (χ1v) is 6.96. The van der Waals surface area contributed by atoms with Gasteiger partial charge in [-0.2, -0.15) is 0 Å². The molecule has 7 heteroatoms. The van der Waals surface area contributed by atoms with Crippen LogP contribution in [0.3, 0.4) is 0 Å². The summed E-state index contributed by atoms with van der Waals surface area (Å²) in [6, 6.07) is 0. The van der Waals surface area contributed by atoms with E-state index in [0.29, 0.717) is 15.8 Å². The lowest BCUT2D eigenvalue weighted by molar-refractivity contribution is -0.149. The fourth-order valence-corrected chi connectivity index (χ4v) is 2.44. The standard InChI is InChI=1S/C13H15BrF2N2O2/c1-13(2,11(15)16)12(19)18-3-4-20-10-8(7-18)5-17-6-9(10)14/h5-6,11H,3-4,7H2,1-2H3. The lowest BCUT2D eigenvalue weighted by Gasteiger charge is -2.30. The van der Waals surface area contributed by atoms with Crippen LogP contribution in [0.2, 0.25) is 0 Å². The van der Waals surface area contributed by atoms with Gasteiger partial charge >= 0.3 is 0 Å². The molecule has 0 unspecified atom stereocenters. The summed E-state index contributed by atoms with van der Waals surface area (Å²) in [7, 11) is 0. The van der Waals surface area contributed by atoms with Crippen LogP contribution >= 0.6 is 15.9 Å². The first-order chi connectivity index (χ1) is 9.34. The number of nitrogens with zero attached hydrogens (tertiary/aromatic N) is 2. The van der Waals surface area contributed by atoms with Crippen LogP contribution in [0.25, 0.3) is 0 Å². The molecule has 20 heavy (non-hydrogen) atoms. The number of ether oxygens (including phenoxy) is 1. The van der Waals surface area contributed by atoms with Gasteiger partial charge in [0, 0.05) is 18.0 Å². The van der Waals surface area contributed by atoms with Crippen molar-refractivity contribution in [2.24, 2.45) is 5.41 Å². The van der Waals surface area contributed by atoms with Crippen molar-refractivity contribution in [3.8, 4) is 5.75 Å². The summed E-state index contributed by atoms with van der Waals surface area (Å²) in [6.45, 7) is 3.27. The maximum atomic E-state index is 13.0. The van der Waals surface area contributed by atoms with Gasteiger partial charge in [0.15, 0.2) is 0 Å². The highest BCUT2D eigenvalue weighted by atomic mass is 79.9. The predicted octanol–water partition coefficient (Wildman–Crippen LogP) is 2.86. The summed E-state index contributed by atoms with van der Waals surface area (Å²) in [6.07, 6.45) is 0.472. The van der Waals surface area contributed by atoms with E-state index in [0.717, 1.165) is 0 Å². The van der Waals surface area contributed by atoms with Crippen molar-refractivity contribution >= 4 is 21.8 Å². The largest absolute Gasteiger partial charge is 0.490 e. The molecule has 4 nitrogen and oxygen atoms in total. The van der Waals surface area contributed by atoms with E-state index in [1.165, 1.54) is 18.7 Å². The van der Waals surface area contributed by atoms with Gasteiger partial charge in [0.2, 0.25) is 5.91 Å². The Balaban J connectivity index is 2.26. The van der Waals surface area contributed by atoms with Crippen molar-refractivity contribution in [2.45, 2.75) is 26.8 Å². The Morgan fingerprint density at radius 1 is 1.50 bits per heavy atom. The summed E-state index contributed by atoms with van der Waals surface area (Å²) in [5.74, 6) is 0.0362. The minimum Gasteiger partial charge on any atom is -0.490 e. The second-order valence-corrected chi connectivity index (χ2v) is 6.06. The van der Waals surface area contributed by atoms with Crippen LogP contribution in [0, 0.1) is 5.41 Å². The van der Waals surface area contributed by atoms with Crippen molar-refractivity contribution in [2.75, 3.05) is 13.2 Å². The van der Waals surface area contributed by atoms with E-state index in [4.69, 9.17) is 4.74 Å². The molecular formula is C13H15BrF2N2O2. The van der Waals surface area contributed by atoms with E-state index >= 15 is 0 Å². The zero-order valence-electron chi connectivity index (χ0n) is 11.2. The van der Waals surface area contributed by atoms with E-state index in [1.807, 2.05) is 0 Å². The molecule has 0 atom stereocenters. The Morgan fingerprint density at radius 2 is 2.20 bits per heavy atom. The average molecular weight is 349 g/mol. The van der Waals surface area contributed by atoms with Crippen molar-refractivity contribution in [3.05, 3.63) is 22.4 Å². The van der Waals surface area contributed by atoms with Crippen molar-refractivity contribution < 1.29 is 18.3 Å². The quantitative estimate of drug-likeness (QED) is 0.825. The van der Waals surface area contributed by atoms with Crippen molar-refractivity contribution in [1.82, 2.24) is 9.88 Å². The minimum atomic E-state index is -2.71. The average Bonchev–Trinajstić information content (AvgIpc) is 2.60. The molecule has 0 aromatic carbocycles. The highest BCUT2D eigenvalue weighted by molar-refractivity contribution is 9.10. The number of hydrogen-bond donors (Lipinski definition) is 0. The maximum absolute atomic E-state index is 13.0. The van der Waals surface area contributed by atoms with Gasteiger partial charge in [-0.1, -0.05) is 0 Å². The highest BCUT2D eigenvalue weighted by Gasteiger charge is 2.41. The van der Waals surface area contributed by atoms with Crippen LogP contribution in [0.4, 0.5) is 8.78 Å². The SMILES string of the molecule is CC(C)(C(=O)N1CCOc2c(Br)cncc2C1)C(F)F. The number of alkyl halides is 2. The van der Waals surface area contributed by atoms with Crippen LogP contribution in [-0.2, 0) is 11.3 Å². The summed E-state index contributed by atoms with van der Waals surface area (Å²) in [5, 5.41) is 0. The minimum absolute atomic E-state index is 0.219. The van der Waals surface area contributed by atoms with Crippen LogP contribution in [0.15, 0.2) is 16.9 Å². The second-order valence-electron chi connectivity index (χ2n) is 5.21. The molecule has 2 rings (SSSR count). The highest BCUT2D eigenvalue weighted by Crippen LogP contribution is 2.33. The van der Waals surface area contributed by atoms with Gasteiger partial charge in [0.05, 0.1) is 17.6 Å². The number of fused-ring (bicyclic) bond motifs is 1. The van der Waals surface area contributed by atoms with Crippen molar-refractivity contribution in [1.29, 1.82) is 0 Å². The van der Waals surface area contributed by atoms with E-state index < -0.39 is 17.7 Å². The van der Waals surface area contributed by atoms with Gasteiger partial charge in [-0.3, -0.25) is 9.78 Å². The summed E-state index contributed by atoms with van der Waals surface area (Å²) >= 11 is 3.33. The van der Waals surface area contributed by atoms with Crippen LogP contribution < -0.4 is 4.74 Å². The van der Waals surface area contributed by atoms with E-state index in [-0.39, 0.29) is 19.7 Å². The topological polar surface area (TPSA) is 42.4 Å². The Hall–Kier alpha value is -1.24. The third-order valence-electron chi connectivity index (χ3n) is 3.28. The van der Waals surface area contributed by atoms with E-state index in [2.05, 4.69) is 20.9 Å². The summed E-state index contributed by atoms with van der Waals surface area (Å²) < 4.78 is 32.2. The smallest absolute Gasteiger partial charge is 0.252 e. The number of pyridine rings is 1. The molecule has 110 valence electrons. The molecule has 1 aliphatic heterocycles. The van der Waals surface area contributed by atoms with Gasteiger partial charge in [-0.25, -0.2) is 8.78 Å². The first-order valence-electron chi connectivity index (χ1n) is 6.16. The van der Waals surface area contributed by atoms with Gasteiger partial charge in [0.25, 0.3) is 6.43 Å². The Labute approximate surface area is 124 Å². The first kappa shape index (κ1) is 15.2. The normalized spacial score (nSPS) is 15.6. The molecule has 0 saturated carbocycles. The lowest BCUT2D eigenvalue weighted by Crippen LogP contribution is -2.45. The van der Waals surface area contributed by atoms with Crippen LogP contribution in [0.1, 0.15) is 19.4 Å². The zero-order valence-corrected chi connectivity index (χ0v) is 12.8. The number of carbonyl (C=O) groups is 1. The lowest BCUT2D eigenvalue weighted by atomic mass is 9.92. The van der Waals surface area contributed by atoms with Crippen molar-refractivity contribution in [3.63, 3.8) is 0 Å². The predicted molar refractivity (Wildman–Crippen MR) is 72.6 cm³/mol. The molecular weight excluding hydrogens is 334 g/mol. The molecule has 0 aliphatic carbocycles. The number of carbonyl (C=O) groups excluding carboxylic acids is 1. The molecule has 0 saturated heterocycles. The van der Waals surface area contributed by atoms with E-state index in [1.54, 1.807) is 12.4 Å². The number of halogens is 3. The number of aromatic nitrogens is 1. The fraction of sp³-hybridized carbons (Fsp3) is 0.538. The Kier molecular flexibility index (Phi) is 4.27. The number of amides is 1. The molecule has 0 N–H and O–H groups in total. The van der Waals surface area contributed by atoms with Gasteiger partial charge in [-0.15, -0.1) is 0 Å². The summed E-state index contributed by atoms with van der Waals surface area (Å²) in [5.41, 5.74) is -1.00. The van der Waals surface area contributed by atoms with Gasteiger partial charge < -0.3 is 9.64 Å². The Bertz CT molecular complexity index is 523. The molecule has 2 heterocycles. The molecule has 1 aromatic rings. The van der Waals surface area contributed by atoms with E-state index in [9.17, 15) is 13.6 Å². The van der Waals surface area contributed by atoms with Crippen LogP contribution in [-0.4, -0.2) is 35.4 Å². The maximum Gasteiger partial charge on any atom is 0.252 e. The molecule has 1 aliphatic rings. The molecule has 1 aromatic heterocycles.